The summed E-state index contributed by atoms with van der Waals surface area (Å²) >= 11 is 0. The van der Waals surface area contributed by atoms with Gasteiger partial charge in [-0.1, -0.05) is 0 Å². The van der Waals surface area contributed by atoms with Crippen molar-refractivity contribution in [2.75, 3.05) is 19.1 Å². The molecule has 0 spiro atoms. The summed E-state index contributed by atoms with van der Waals surface area (Å²) in [7, 11) is 4.82. The van der Waals surface area contributed by atoms with E-state index in [4.69, 9.17) is 4.74 Å². The Balaban J connectivity index is 1.43. The number of halogens is 1. The van der Waals surface area contributed by atoms with Gasteiger partial charge >= 0.3 is 6.09 Å². The fourth-order valence-electron chi connectivity index (χ4n) is 5.10. The normalized spacial score (nSPS) is 23.8. The summed E-state index contributed by atoms with van der Waals surface area (Å²) < 4.78 is 22.1. The number of piperidine rings is 1. The van der Waals surface area contributed by atoms with Crippen molar-refractivity contribution in [1.82, 2.24) is 29.6 Å². The van der Waals surface area contributed by atoms with Crippen molar-refractivity contribution in [2.24, 2.45) is 7.05 Å². The van der Waals surface area contributed by atoms with Gasteiger partial charge in [0, 0.05) is 20.1 Å². The fraction of sp³-hybridized carbons (Fsp3) is 0.455. The number of rotatable bonds is 4. The molecule has 2 aliphatic rings. The van der Waals surface area contributed by atoms with Crippen LogP contribution in [0.3, 0.4) is 0 Å². The van der Waals surface area contributed by atoms with Crippen LogP contribution in [0.2, 0.25) is 0 Å². The number of fused-ring (bicyclic) bond motifs is 3. The van der Waals surface area contributed by atoms with Crippen molar-refractivity contribution >= 4 is 22.8 Å². The highest BCUT2D eigenvalue weighted by molar-refractivity contribution is 5.86. The van der Waals surface area contributed by atoms with Crippen LogP contribution in [0.5, 0.6) is 5.75 Å². The van der Waals surface area contributed by atoms with E-state index in [-0.39, 0.29) is 17.4 Å². The fourth-order valence-corrected chi connectivity index (χ4v) is 5.10. The van der Waals surface area contributed by atoms with Crippen LogP contribution in [0.15, 0.2) is 29.5 Å². The van der Waals surface area contributed by atoms with Crippen LogP contribution in [-0.2, 0) is 7.05 Å². The number of anilines is 1. The average molecular weight is 469 g/mol. The molecule has 12 heteroatoms. The molecule has 4 atom stereocenters. The number of carbonyl (C=O) groups is 1. The number of aromatic nitrogens is 5. The van der Waals surface area contributed by atoms with Gasteiger partial charge in [0.2, 0.25) is 0 Å². The van der Waals surface area contributed by atoms with Gasteiger partial charge in [0.05, 0.1) is 48.2 Å². The highest BCUT2D eigenvalue weighted by Gasteiger charge is 2.51. The van der Waals surface area contributed by atoms with Gasteiger partial charge in [-0.2, -0.15) is 0 Å². The van der Waals surface area contributed by atoms with Crippen LogP contribution in [-0.4, -0.2) is 79.3 Å². The first-order valence-corrected chi connectivity index (χ1v) is 10.9. The van der Waals surface area contributed by atoms with E-state index < -0.39 is 24.3 Å². The Kier molecular flexibility index (Phi) is 5.29. The molecule has 0 unspecified atom stereocenters. The summed E-state index contributed by atoms with van der Waals surface area (Å²) in [6.45, 7) is 0. The van der Waals surface area contributed by atoms with Gasteiger partial charge in [-0.25, -0.2) is 19.2 Å². The third kappa shape index (κ3) is 3.40. The molecule has 2 aliphatic heterocycles. The predicted molar refractivity (Wildman–Crippen MR) is 121 cm³/mol. The lowest BCUT2D eigenvalue weighted by atomic mass is 9.94. The van der Waals surface area contributed by atoms with E-state index in [9.17, 15) is 14.7 Å². The summed E-state index contributed by atoms with van der Waals surface area (Å²) in [5, 5.41) is 18.3. The van der Waals surface area contributed by atoms with Gasteiger partial charge in [-0.05, 0) is 31.4 Å². The highest BCUT2D eigenvalue weighted by Crippen LogP contribution is 2.40. The number of amides is 1. The second kappa shape index (κ2) is 8.19. The number of hydrogen-bond donors (Lipinski definition) is 1. The van der Waals surface area contributed by atoms with Crippen molar-refractivity contribution in [3.8, 4) is 17.1 Å². The summed E-state index contributed by atoms with van der Waals surface area (Å²) in [6, 6.07) is 1.90. The Bertz CT molecular complexity index is 1320. The lowest BCUT2D eigenvalue weighted by molar-refractivity contribution is 0.0489. The maximum absolute atomic E-state index is 15.3. The third-order valence-corrected chi connectivity index (χ3v) is 6.90. The zero-order chi connectivity index (χ0) is 24.1. The van der Waals surface area contributed by atoms with Gasteiger partial charge in [0.25, 0.3) is 5.56 Å². The molecule has 2 bridgehead atoms. The second-order valence-corrected chi connectivity index (χ2v) is 8.72. The van der Waals surface area contributed by atoms with E-state index >= 15 is 4.39 Å². The molecule has 11 nitrogen and oxygen atoms in total. The molecule has 0 aliphatic carbocycles. The molecule has 34 heavy (non-hydrogen) atoms. The molecule has 0 saturated carbocycles. The Hall–Kier alpha value is -3.83. The lowest BCUT2D eigenvalue weighted by Gasteiger charge is -2.43. The van der Waals surface area contributed by atoms with Crippen molar-refractivity contribution in [1.29, 1.82) is 0 Å². The van der Waals surface area contributed by atoms with Gasteiger partial charge in [-0.15, -0.1) is 10.2 Å². The van der Waals surface area contributed by atoms with E-state index in [1.807, 2.05) is 0 Å². The number of ether oxygens (including phenoxy) is 1. The second-order valence-electron chi connectivity index (χ2n) is 8.72. The molecule has 2 saturated heterocycles. The minimum atomic E-state index is -1.34. The Labute approximate surface area is 193 Å². The van der Waals surface area contributed by atoms with E-state index in [0.29, 0.717) is 47.3 Å². The van der Waals surface area contributed by atoms with Crippen LogP contribution in [0.1, 0.15) is 19.3 Å². The number of benzene rings is 1. The molecule has 5 rings (SSSR count). The summed E-state index contributed by atoms with van der Waals surface area (Å²) in [5.41, 5.74) is 0.799. The maximum Gasteiger partial charge on any atom is 0.407 e. The summed E-state index contributed by atoms with van der Waals surface area (Å²) in [6.07, 6.45) is 2.08. The first-order valence-electron chi connectivity index (χ1n) is 10.9. The van der Waals surface area contributed by atoms with Crippen LogP contribution in [0.25, 0.3) is 22.3 Å². The minimum absolute atomic E-state index is 0.199. The number of alkyl halides is 1. The average Bonchev–Trinajstić information content (AvgIpc) is 3.20. The van der Waals surface area contributed by atoms with Crippen molar-refractivity contribution in [3.05, 3.63) is 35.0 Å². The Morgan fingerprint density at radius 1 is 1.26 bits per heavy atom. The molecule has 3 aromatic rings. The first kappa shape index (κ1) is 22.0. The first-order chi connectivity index (χ1) is 16.3. The van der Waals surface area contributed by atoms with E-state index in [2.05, 4.69) is 20.2 Å². The van der Waals surface area contributed by atoms with Gasteiger partial charge < -0.3 is 19.3 Å². The van der Waals surface area contributed by atoms with Gasteiger partial charge in [0.1, 0.15) is 11.9 Å². The minimum Gasteiger partial charge on any atom is -0.496 e. The number of hydrogen-bond acceptors (Lipinski definition) is 8. The number of methoxy groups -OCH3 is 1. The Morgan fingerprint density at radius 2 is 2.06 bits per heavy atom. The molecule has 4 heterocycles. The van der Waals surface area contributed by atoms with E-state index in [1.54, 1.807) is 31.1 Å². The Morgan fingerprint density at radius 3 is 2.74 bits per heavy atom. The molecule has 2 fully saturated rings. The van der Waals surface area contributed by atoms with Gasteiger partial charge in [0.15, 0.2) is 11.6 Å². The van der Waals surface area contributed by atoms with E-state index in [1.165, 1.54) is 29.1 Å². The highest BCUT2D eigenvalue weighted by atomic mass is 19.1. The summed E-state index contributed by atoms with van der Waals surface area (Å²) in [4.78, 5) is 35.6. The summed E-state index contributed by atoms with van der Waals surface area (Å²) in [5.74, 6) is 1.06. The number of carboxylic acid groups (broad SMARTS) is 1. The van der Waals surface area contributed by atoms with Crippen LogP contribution in [0.4, 0.5) is 15.0 Å². The molecular formula is C22H24FN7O4. The molecule has 0 radical (unpaired) electrons. The molecular weight excluding hydrogens is 445 g/mol. The number of aryl methyl sites for hydroxylation is 1. The van der Waals surface area contributed by atoms with Crippen molar-refractivity contribution in [3.63, 3.8) is 0 Å². The molecule has 1 amide bonds. The quantitative estimate of drug-likeness (QED) is 0.609. The smallest absolute Gasteiger partial charge is 0.407 e. The molecule has 1 N–H and O–H groups in total. The van der Waals surface area contributed by atoms with Crippen LogP contribution >= 0.6 is 0 Å². The SMILES string of the molecule is COc1cc2c(=O)n(C)cnc2cc1-c1ncc(N(C)[C@H]2C[C@@H]3CC[C@H]([C@H]2F)N3C(=O)O)nn1. The maximum atomic E-state index is 15.3. The van der Waals surface area contributed by atoms with Crippen LogP contribution < -0.4 is 15.2 Å². The van der Waals surface area contributed by atoms with E-state index in [0.717, 1.165) is 0 Å². The topological polar surface area (TPSA) is 127 Å². The zero-order valence-electron chi connectivity index (χ0n) is 18.9. The van der Waals surface area contributed by atoms with Crippen molar-refractivity contribution in [2.45, 2.75) is 43.6 Å². The van der Waals surface area contributed by atoms with Gasteiger partial charge in [-0.3, -0.25) is 9.69 Å². The monoisotopic (exact) mass is 469 g/mol. The lowest BCUT2D eigenvalue weighted by Crippen LogP contribution is -2.58. The zero-order valence-corrected chi connectivity index (χ0v) is 18.9. The third-order valence-electron chi connectivity index (χ3n) is 6.90. The predicted octanol–water partition coefficient (Wildman–Crippen LogP) is 1.85. The largest absolute Gasteiger partial charge is 0.496 e. The van der Waals surface area contributed by atoms with Crippen LogP contribution in [0, 0.1) is 0 Å². The molecule has 2 aromatic heterocycles. The molecule has 1 aromatic carbocycles. The van der Waals surface area contributed by atoms with Crippen molar-refractivity contribution < 1.29 is 19.0 Å². The molecule has 178 valence electrons. The number of nitrogens with zero attached hydrogens (tertiary/aromatic N) is 7. The standard InChI is InChI=1S/C22H24FN7O4/c1-28-10-25-14-7-13(17(34-3)8-12(14)21(28)31)20-24-9-18(26-27-20)29(2)16-6-11-4-5-15(19(16)23)30(11)22(32)33/h7-11,15-16,19H,4-6H2,1-3H3,(H,32,33)/t11-,15+,16-,19+/m0/s1.